The predicted octanol–water partition coefficient (Wildman–Crippen LogP) is 4.70. The van der Waals surface area contributed by atoms with Crippen LogP contribution in [0.4, 0.5) is 4.79 Å². The number of likely N-dealkylation sites (N-methyl/N-ethyl adjacent to an activating group) is 1. The van der Waals surface area contributed by atoms with Gasteiger partial charge in [-0.15, -0.1) is 0 Å². The van der Waals surface area contributed by atoms with E-state index in [4.69, 9.17) is 43.2 Å². The van der Waals surface area contributed by atoms with Gasteiger partial charge in [-0.2, -0.15) is 0 Å². The number of hydrogen-bond acceptors (Lipinski definition) is 16. The molecule has 4 bridgehead atoms. The Morgan fingerprint density at radius 2 is 1.81 bits per heavy atom. The van der Waals surface area contributed by atoms with Gasteiger partial charge >= 0.3 is 12.1 Å². The number of nitrogens with zero attached hydrogens (tertiary/aromatic N) is 7. The Balaban J connectivity index is 1.28. The fourth-order valence-corrected chi connectivity index (χ4v) is 10.6. The first-order chi connectivity index (χ1) is 29.5. The molecule has 4 saturated heterocycles. The van der Waals surface area contributed by atoms with E-state index in [1.807, 2.05) is 71.8 Å². The first kappa shape index (κ1) is 45.9. The number of cyclic esters (lactones) is 1. The van der Waals surface area contributed by atoms with Crippen molar-refractivity contribution in [2.75, 3.05) is 40.4 Å². The second-order valence-corrected chi connectivity index (χ2v) is 18.5. The number of hydrogen-bond donors (Lipinski definition) is 1. The van der Waals surface area contributed by atoms with Gasteiger partial charge < -0.3 is 43.3 Å². The van der Waals surface area contributed by atoms with Crippen molar-refractivity contribution in [3.05, 3.63) is 42.6 Å². The second-order valence-electron chi connectivity index (χ2n) is 18.5. The third kappa shape index (κ3) is 9.25. The average Bonchev–Trinajstić information content (AvgIpc) is 3.39. The SMILES string of the molecule is CC[C@H]1OC(=O)[C@H](C)[C@H]2OC/C(=N\OCc3cccc(-c4cncnc4)n3)CO[C@](C)(C[C@@H](C)C3=NCCN4C(=O)O[C@@]1(C)[C@H]4[C@H]3C)[C@H](O[C@H]1O[C@@H](C)C[C@@H](N(C)C)[C@@H]1O)[C@H]2C. The van der Waals surface area contributed by atoms with Crippen LogP contribution in [0.5, 0.6) is 0 Å². The molecule has 17 nitrogen and oxygen atoms in total. The summed E-state index contributed by atoms with van der Waals surface area (Å²) in [6.45, 7) is 16.5. The average molecular weight is 864 g/mol. The number of fused-ring (bicyclic) bond motifs is 4. The van der Waals surface area contributed by atoms with Crippen molar-refractivity contribution in [1.82, 2.24) is 24.8 Å². The molecular weight excluding hydrogens is 799 g/mol. The number of ether oxygens (including phenoxy) is 6. The lowest BCUT2D eigenvalue weighted by Crippen LogP contribution is -2.60. The number of aliphatic imine (C=N–C) groups is 1. The number of carbonyl (C=O) groups excluding carboxylic acids is 2. The summed E-state index contributed by atoms with van der Waals surface area (Å²) in [5.74, 6) is -2.33. The molecule has 2 aromatic rings. The molecule has 0 saturated carbocycles. The number of carbonyl (C=O) groups is 2. The fourth-order valence-electron chi connectivity index (χ4n) is 10.6. The molecule has 1 amide bonds. The van der Waals surface area contributed by atoms with E-state index < -0.39 is 71.8 Å². The maximum Gasteiger partial charge on any atom is 0.410 e. The molecule has 2 aromatic heterocycles. The van der Waals surface area contributed by atoms with Crippen LogP contribution in [0.1, 0.15) is 80.3 Å². The number of esters is 1. The van der Waals surface area contributed by atoms with Crippen LogP contribution >= 0.6 is 0 Å². The number of aromatic nitrogens is 3. The third-order valence-electron chi connectivity index (χ3n) is 13.6. The first-order valence-corrected chi connectivity index (χ1v) is 22.1. The molecule has 0 aromatic carbocycles. The van der Waals surface area contributed by atoms with Crippen molar-refractivity contribution < 1.29 is 48.0 Å². The summed E-state index contributed by atoms with van der Waals surface area (Å²) in [5.41, 5.74) is 1.21. The summed E-state index contributed by atoms with van der Waals surface area (Å²) >= 11 is 0. The minimum Gasteiger partial charge on any atom is -0.458 e. The predicted molar refractivity (Wildman–Crippen MR) is 228 cm³/mol. The number of oxime groups is 1. The van der Waals surface area contributed by atoms with Crippen LogP contribution in [-0.4, -0.2) is 154 Å². The van der Waals surface area contributed by atoms with Crippen LogP contribution in [0, 0.1) is 23.7 Å². The largest absolute Gasteiger partial charge is 0.458 e. The van der Waals surface area contributed by atoms with Crippen LogP contribution in [0.2, 0.25) is 0 Å². The number of amides is 1. The third-order valence-corrected chi connectivity index (χ3v) is 13.6. The lowest BCUT2D eigenvalue weighted by Gasteiger charge is -2.48. The molecule has 17 heteroatoms. The van der Waals surface area contributed by atoms with E-state index in [1.165, 1.54) is 6.33 Å². The van der Waals surface area contributed by atoms with Crippen LogP contribution < -0.4 is 0 Å². The van der Waals surface area contributed by atoms with Gasteiger partial charge in [-0.05, 0) is 79.1 Å². The van der Waals surface area contributed by atoms with Gasteiger partial charge in [0.2, 0.25) is 0 Å². The topological polar surface area (TPSA) is 189 Å². The van der Waals surface area contributed by atoms with Gasteiger partial charge in [0.25, 0.3) is 0 Å². The molecule has 5 aliphatic rings. The second kappa shape index (κ2) is 18.9. The highest BCUT2D eigenvalue weighted by molar-refractivity contribution is 5.91. The van der Waals surface area contributed by atoms with Crippen LogP contribution in [0.15, 0.2) is 47.1 Å². The lowest BCUT2D eigenvalue weighted by atomic mass is 9.72. The molecule has 7 heterocycles. The molecule has 340 valence electrons. The first-order valence-electron chi connectivity index (χ1n) is 22.1. The van der Waals surface area contributed by atoms with Gasteiger partial charge in [-0.1, -0.05) is 38.9 Å². The Hall–Kier alpha value is -4.13. The molecule has 14 atom stereocenters. The van der Waals surface area contributed by atoms with Crippen molar-refractivity contribution in [1.29, 1.82) is 0 Å². The maximum absolute atomic E-state index is 14.6. The summed E-state index contributed by atoms with van der Waals surface area (Å²) in [4.78, 5) is 55.9. The maximum atomic E-state index is 14.6. The molecule has 4 fully saturated rings. The van der Waals surface area contributed by atoms with Gasteiger partial charge in [-0.3, -0.25) is 14.7 Å². The minimum absolute atomic E-state index is 0.00225. The highest BCUT2D eigenvalue weighted by Gasteiger charge is 2.60. The Labute approximate surface area is 364 Å². The van der Waals surface area contributed by atoms with Crippen LogP contribution in [0.3, 0.4) is 0 Å². The van der Waals surface area contributed by atoms with Gasteiger partial charge in [-0.25, -0.2) is 19.7 Å². The highest BCUT2D eigenvalue weighted by atomic mass is 16.7. The quantitative estimate of drug-likeness (QED) is 0.284. The number of aliphatic hydroxyl groups is 1. The summed E-state index contributed by atoms with van der Waals surface area (Å²) < 4.78 is 39.9. The van der Waals surface area contributed by atoms with Crippen molar-refractivity contribution in [2.45, 2.75) is 141 Å². The highest BCUT2D eigenvalue weighted by Crippen LogP contribution is 2.45. The molecule has 5 aliphatic heterocycles. The van der Waals surface area contributed by atoms with E-state index in [2.05, 4.69) is 29.0 Å². The Bertz CT molecular complexity index is 1960. The summed E-state index contributed by atoms with van der Waals surface area (Å²) in [5, 5.41) is 16.3. The minimum atomic E-state index is -1.15. The van der Waals surface area contributed by atoms with Gasteiger partial charge in [0, 0.05) is 48.1 Å². The monoisotopic (exact) mass is 863 g/mol. The zero-order chi connectivity index (χ0) is 44.5. The molecule has 0 unspecified atom stereocenters. The van der Waals surface area contributed by atoms with E-state index in [9.17, 15) is 14.7 Å². The van der Waals surface area contributed by atoms with Crippen molar-refractivity contribution >= 4 is 23.5 Å². The van der Waals surface area contributed by atoms with Crippen LogP contribution in [0.25, 0.3) is 11.3 Å². The number of pyridine rings is 1. The molecule has 62 heavy (non-hydrogen) atoms. The molecule has 0 radical (unpaired) electrons. The number of aliphatic hydroxyl groups excluding tert-OH is 1. The molecule has 0 aliphatic carbocycles. The smallest absolute Gasteiger partial charge is 0.410 e. The van der Waals surface area contributed by atoms with E-state index >= 15 is 0 Å². The van der Waals surface area contributed by atoms with E-state index in [0.29, 0.717) is 49.5 Å². The zero-order valence-corrected chi connectivity index (χ0v) is 37.8. The van der Waals surface area contributed by atoms with Crippen molar-refractivity contribution in [3.8, 4) is 11.3 Å². The van der Waals surface area contributed by atoms with E-state index in [0.717, 1.165) is 11.3 Å². The van der Waals surface area contributed by atoms with Crippen LogP contribution in [-0.2, 0) is 44.7 Å². The molecular formula is C45H65N7O10. The molecule has 1 N–H and O–H groups in total. The fraction of sp³-hybridized carbons (Fsp3) is 0.711. The Kier molecular flexibility index (Phi) is 14.0. The number of rotatable bonds is 8. The van der Waals surface area contributed by atoms with E-state index in [-0.39, 0.29) is 43.8 Å². The summed E-state index contributed by atoms with van der Waals surface area (Å²) in [6, 6.07) is 4.93. The van der Waals surface area contributed by atoms with Gasteiger partial charge in [0.15, 0.2) is 18.5 Å². The molecule has 7 rings (SSSR count). The Morgan fingerprint density at radius 1 is 1.05 bits per heavy atom. The summed E-state index contributed by atoms with van der Waals surface area (Å²) in [6.07, 6.45) is 1.30. The Morgan fingerprint density at radius 3 is 2.53 bits per heavy atom. The van der Waals surface area contributed by atoms with Gasteiger partial charge in [0.05, 0.1) is 67.0 Å². The summed E-state index contributed by atoms with van der Waals surface area (Å²) in [7, 11) is 3.87. The zero-order valence-electron chi connectivity index (χ0n) is 37.8. The molecule has 0 spiro atoms. The van der Waals surface area contributed by atoms with Crippen molar-refractivity contribution in [2.24, 2.45) is 33.8 Å². The van der Waals surface area contributed by atoms with Crippen molar-refractivity contribution in [3.63, 3.8) is 0 Å². The standard InChI is InChI=1S/C45H65N7O10/c1-11-35-45(8)39-27(4)36(48-15-16-52(39)43(55)62-45)25(2)18-44(7)40(61-42-37(53)34(51(9)10)17-26(3)59-42)28(5)38(29(6)41(54)60-35)56-21-32(22-57-44)50-58-23-31-13-12-14-33(49-31)30-19-46-24-47-20-30/h12-14,19-20,24-29,34-35,37-40,42,53H,11,15-18,21-23H2,1-10H3/b50-32+/t25-,26+,27+,28+,29-,34-,35-,37+,38+,39-,40-,42-,44-,45-/m1/s1. The normalized spacial score (nSPS) is 38.9. The van der Waals surface area contributed by atoms with E-state index in [1.54, 1.807) is 24.2 Å². The van der Waals surface area contributed by atoms with Gasteiger partial charge in [0.1, 0.15) is 24.2 Å². The lowest BCUT2D eigenvalue weighted by molar-refractivity contribution is -0.302.